The van der Waals surface area contributed by atoms with E-state index in [0.717, 1.165) is 57.7 Å². The van der Waals surface area contributed by atoms with Crippen LogP contribution in [0, 0.1) is 0 Å². The Hall–Kier alpha value is -1.67. The summed E-state index contributed by atoms with van der Waals surface area (Å²) < 4.78 is 5.60. The fourth-order valence-electron chi connectivity index (χ4n) is 4.55. The number of piperazine rings is 1. The highest BCUT2D eigenvalue weighted by molar-refractivity contribution is 5.68. The van der Waals surface area contributed by atoms with E-state index in [1.807, 2.05) is 12.1 Å². The lowest BCUT2D eigenvalue weighted by Gasteiger charge is -2.39. The molecule has 0 spiro atoms. The van der Waals surface area contributed by atoms with E-state index in [2.05, 4.69) is 48.6 Å². The topological polar surface area (TPSA) is 76.5 Å². The Labute approximate surface area is 186 Å². The second-order valence-electron chi connectivity index (χ2n) is 10.1. The zero-order chi connectivity index (χ0) is 22.6. The largest absolute Gasteiger partial charge is 0.482 e. The van der Waals surface area contributed by atoms with Crippen molar-refractivity contribution >= 4 is 5.97 Å². The first-order valence-electron chi connectivity index (χ1n) is 11.4. The Morgan fingerprint density at radius 2 is 1.77 bits per heavy atom. The average molecular weight is 434 g/mol. The van der Waals surface area contributed by atoms with Crippen LogP contribution in [0.3, 0.4) is 0 Å². The molecule has 0 radical (unpaired) electrons. The molecule has 0 unspecified atom stereocenters. The number of likely N-dealkylation sites (tertiary alicyclic amines) is 1. The number of aliphatic hydroxyl groups is 1. The lowest BCUT2D eigenvalue weighted by molar-refractivity contribution is -0.139. The third kappa shape index (κ3) is 6.65. The molecule has 2 aliphatic heterocycles. The summed E-state index contributed by atoms with van der Waals surface area (Å²) in [6.07, 6.45) is 1.38. The fraction of sp³-hybridized carbons (Fsp3) is 0.708. The van der Waals surface area contributed by atoms with Gasteiger partial charge in [-0.15, -0.1) is 0 Å². The molecular weight excluding hydrogens is 394 g/mol. The van der Waals surface area contributed by atoms with Crippen LogP contribution in [0.4, 0.5) is 0 Å². The maximum absolute atomic E-state index is 11.0. The highest BCUT2D eigenvalue weighted by atomic mass is 16.5. The number of aliphatic hydroxyl groups excluding tert-OH is 1. The van der Waals surface area contributed by atoms with Crippen LogP contribution < -0.4 is 4.74 Å². The number of carboxylic acid groups (broad SMARTS) is 1. The van der Waals surface area contributed by atoms with Crippen LogP contribution in [0.1, 0.15) is 44.7 Å². The molecule has 174 valence electrons. The van der Waals surface area contributed by atoms with Gasteiger partial charge in [-0.2, -0.15) is 0 Å². The minimum Gasteiger partial charge on any atom is -0.482 e. The van der Waals surface area contributed by atoms with E-state index in [4.69, 9.17) is 9.84 Å². The molecule has 2 aliphatic rings. The SMILES string of the molecule is CN1CCN([C@H]2CCN(Cc3cc(C(C)(C)C)ccc3OCC(=O)O)CC[C@@H]2O)CC1. The Morgan fingerprint density at radius 1 is 1.10 bits per heavy atom. The van der Waals surface area contributed by atoms with Gasteiger partial charge in [0.05, 0.1) is 6.10 Å². The summed E-state index contributed by atoms with van der Waals surface area (Å²) in [6.45, 7) is 12.7. The molecule has 2 N–H and O–H groups in total. The molecule has 2 heterocycles. The summed E-state index contributed by atoms with van der Waals surface area (Å²) in [5, 5.41) is 19.9. The van der Waals surface area contributed by atoms with Gasteiger partial charge in [0.1, 0.15) is 5.75 Å². The minimum atomic E-state index is -0.973. The van der Waals surface area contributed by atoms with Crippen molar-refractivity contribution in [2.45, 2.75) is 57.7 Å². The molecule has 0 amide bonds. The van der Waals surface area contributed by atoms with Gasteiger partial charge >= 0.3 is 5.97 Å². The Bertz CT molecular complexity index is 741. The molecule has 2 saturated heterocycles. The van der Waals surface area contributed by atoms with Crippen LogP contribution in [-0.4, -0.2) is 96.0 Å². The summed E-state index contributed by atoms with van der Waals surface area (Å²) in [7, 11) is 2.15. The zero-order valence-electron chi connectivity index (χ0n) is 19.5. The van der Waals surface area contributed by atoms with Gasteiger partial charge in [-0.25, -0.2) is 4.79 Å². The van der Waals surface area contributed by atoms with E-state index in [0.29, 0.717) is 12.3 Å². The predicted molar refractivity (Wildman–Crippen MR) is 122 cm³/mol. The van der Waals surface area contributed by atoms with Gasteiger partial charge in [-0.05, 0) is 36.9 Å². The molecule has 0 aliphatic carbocycles. The number of likely N-dealkylation sites (N-methyl/N-ethyl adjacent to an activating group) is 1. The molecule has 3 rings (SSSR count). The summed E-state index contributed by atoms with van der Waals surface area (Å²) in [5.41, 5.74) is 2.22. The number of aliphatic carboxylic acids is 1. The van der Waals surface area contributed by atoms with Gasteiger partial charge in [-0.3, -0.25) is 9.80 Å². The smallest absolute Gasteiger partial charge is 0.341 e. The molecule has 1 aromatic carbocycles. The average Bonchev–Trinajstić information content (AvgIpc) is 2.88. The summed E-state index contributed by atoms with van der Waals surface area (Å²) in [5.74, 6) is -0.338. The number of ether oxygens (including phenoxy) is 1. The first kappa shape index (κ1) is 24.0. The lowest BCUT2D eigenvalue weighted by Crippen LogP contribution is -2.52. The normalized spacial score (nSPS) is 24.7. The summed E-state index contributed by atoms with van der Waals surface area (Å²) in [6, 6.07) is 6.29. The monoisotopic (exact) mass is 433 g/mol. The van der Waals surface area contributed by atoms with Crippen molar-refractivity contribution < 1.29 is 19.7 Å². The molecular formula is C24H39N3O4. The molecule has 7 nitrogen and oxygen atoms in total. The van der Waals surface area contributed by atoms with Crippen LogP contribution in [0.2, 0.25) is 0 Å². The molecule has 0 bridgehead atoms. The molecule has 2 fully saturated rings. The Balaban J connectivity index is 1.71. The molecule has 2 atom stereocenters. The van der Waals surface area contributed by atoms with Crippen LogP contribution in [0.15, 0.2) is 18.2 Å². The van der Waals surface area contributed by atoms with E-state index >= 15 is 0 Å². The van der Waals surface area contributed by atoms with Crippen molar-refractivity contribution in [3.63, 3.8) is 0 Å². The maximum Gasteiger partial charge on any atom is 0.341 e. The fourth-order valence-corrected chi connectivity index (χ4v) is 4.55. The van der Waals surface area contributed by atoms with E-state index in [9.17, 15) is 9.90 Å². The van der Waals surface area contributed by atoms with Gasteiger partial charge in [0.2, 0.25) is 0 Å². The summed E-state index contributed by atoms with van der Waals surface area (Å²) in [4.78, 5) is 18.2. The highest BCUT2D eigenvalue weighted by Gasteiger charge is 2.31. The Morgan fingerprint density at radius 3 is 2.42 bits per heavy atom. The number of nitrogens with zero attached hydrogens (tertiary/aromatic N) is 3. The van der Waals surface area contributed by atoms with Crippen LogP contribution >= 0.6 is 0 Å². The quantitative estimate of drug-likeness (QED) is 0.711. The third-order valence-electron chi connectivity index (χ3n) is 6.60. The van der Waals surface area contributed by atoms with Gasteiger partial charge in [-0.1, -0.05) is 32.9 Å². The molecule has 0 aromatic heterocycles. The lowest BCUT2D eigenvalue weighted by atomic mass is 9.86. The van der Waals surface area contributed by atoms with E-state index < -0.39 is 5.97 Å². The van der Waals surface area contributed by atoms with Gasteiger partial charge in [0.15, 0.2) is 6.61 Å². The van der Waals surface area contributed by atoms with E-state index in [1.165, 1.54) is 5.56 Å². The van der Waals surface area contributed by atoms with E-state index in [-0.39, 0.29) is 24.2 Å². The Kier molecular flexibility index (Phi) is 7.97. The number of rotatable bonds is 6. The minimum absolute atomic E-state index is 0.00156. The van der Waals surface area contributed by atoms with Crippen molar-refractivity contribution in [1.29, 1.82) is 0 Å². The second kappa shape index (κ2) is 10.3. The first-order chi connectivity index (χ1) is 14.6. The van der Waals surface area contributed by atoms with Crippen LogP contribution in [-0.2, 0) is 16.8 Å². The van der Waals surface area contributed by atoms with Crippen molar-refractivity contribution in [3.05, 3.63) is 29.3 Å². The van der Waals surface area contributed by atoms with Gasteiger partial charge in [0.25, 0.3) is 0 Å². The number of carbonyl (C=O) groups is 1. The molecule has 1 aromatic rings. The van der Waals surface area contributed by atoms with Crippen LogP contribution in [0.25, 0.3) is 0 Å². The zero-order valence-corrected chi connectivity index (χ0v) is 19.5. The van der Waals surface area contributed by atoms with Crippen molar-refractivity contribution in [1.82, 2.24) is 14.7 Å². The molecule has 7 heteroatoms. The van der Waals surface area contributed by atoms with E-state index in [1.54, 1.807) is 0 Å². The second-order valence-corrected chi connectivity index (χ2v) is 10.1. The van der Waals surface area contributed by atoms with Gasteiger partial charge in [0, 0.05) is 57.4 Å². The van der Waals surface area contributed by atoms with Gasteiger partial charge < -0.3 is 19.8 Å². The number of hydrogen-bond acceptors (Lipinski definition) is 6. The standard InChI is InChI=1S/C24H39N3O4/c1-24(2,3)19-5-6-22(31-17-23(29)30)18(15-19)16-26-9-7-20(21(28)8-10-26)27-13-11-25(4)12-14-27/h5-6,15,20-21,28H,7-14,16-17H2,1-4H3,(H,29,30)/t20-,21-/m0/s1. The highest BCUT2D eigenvalue weighted by Crippen LogP contribution is 2.30. The van der Waals surface area contributed by atoms with Crippen molar-refractivity contribution in [3.8, 4) is 5.75 Å². The molecule has 31 heavy (non-hydrogen) atoms. The number of benzene rings is 1. The van der Waals surface area contributed by atoms with Crippen molar-refractivity contribution in [2.24, 2.45) is 0 Å². The first-order valence-corrected chi connectivity index (χ1v) is 11.4. The maximum atomic E-state index is 11.0. The van der Waals surface area contributed by atoms with Crippen LogP contribution in [0.5, 0.6) is 5.75 Å². The van der Waals surface area contributed by atoms with Crippen molar-refractivity contribution in [2.75, 3.05) is 52.9 Å². The number of carboxylic acids is 1. The predicted octanol–water partition coefficient (Wildman–Crippen LogP) is 2.02. The summed E-state index contributed by atoms with van der Waals surface area (Å²) >= 11 is 0. The molecule has 0 saturated carbocycles. The third-order valence-corrected chi connectivity index (χ3v) is 6.60. The number of hydrogen-bond donors (Lipinski definition) is 2.